The first kappa shape index (κ1) is 13.9. The van der Waals surface area contributed by atoms with Crippen molar-refractivity contribution in [2.75, 3.05) is 40.3 Å². The second-order valence-corrected chi connectivity index (χ2v) is 4.64. The molecule has 0 aromatic heterocycles. The summed E-state index contributed by atoms with van der Waals surface area (Å²) >= 11 is 0. The molecule has 6 heteroatoms. The van der Waals surface area contributed by atoms with Gasteiger partial charge in [-0.3, -0.25) is 9.69 Å². The Morgan fingerprint density at radius 1 is 1.53 bits per heavy atom. The van der Waals surface area contributed by atoms with Crippen molar-refractivity contribution in [2.24, 2.45) is 0 Å². The number of carbonyl (C=O) groups excluding carboxylic acids is 2. The van der Waals surface area contributed by atoms with E-state index in [-0.39, 0.29) is 19.0 Å². The van der Waals surface area contributed by atoms with Crippen LogP contribution in [0.5, 0.6) is 0 Å². The molecule has 1 N–H and O–H groups in total. The highest BCUT2D eigenvalue weighted by Crippen LogP contribution is 2.11. The minimum Gasteiger partial charge on any atom is -0.467 e. The molecule has 0 spiro atoms. The van der Waals surface area contributed by atoms with Crippen LogP contribution in [0.15, 0.2) is 0 Å². The Bertz CT molecular complexity index is 304. The van der Waals surface area contributed by atoms with E-state index in [0.29, 0.717) is 13.1 Å². The average molecular weight is 244 g/mol. The minimum absolute atomic E-state index is 0.00293. The van der Waals surface area contributed by atoms with Gasteiger partial charge in [0.2, 0.25) is 5.91 Å². The van der Waals surface area contributed by atoms with E-state index >= 15 is 0 Å². The van der Waals surface area contributed by atoms with Crippen LogP contribution < -0.4 is 0 Å². The molecule has 0 aliphatic carbocycles. The summed E-state index contributed by atoms with van der Waals surface area (Å²) in [6.07, 6.45) is 0.833. The molecule has 1 aliphatic rings. The maximum atomic E-state index is 11.6. The van der Waals surface area contributed by atoms with E-state index in [0.717, 1.165) is 6.42 Å². The standard InChI is InChI=1S/C11H20N2O4/c1-11(16,10(15)17-3)8-13-6-4-5-12(2)9(14)7-13/h16H,4-8H2,1-3H3. The molecular weight excluding hydrogens is 224 g/mol. The molecule has 1 fully saturated rings. The first-order valence-electron chi connectivity index (χ1n) is 5.64. The number of methoxy groups -OCH3 is 1. The zero-order valence-corrected chi connectivity index (χ0v) is 10.6. The number of β-amino-alcohol motifs (C(OH)–C–C–N with tert-alkyl or cyclic N) is 1. The second-order valence-electron chi connectivity index (χ2n) is 4.64. The van der Waals surface area contributed by atoms with Crippen LogP contribution >= 0.6 is 0 Å². The van der Waals surface area contributed by atoms with E-state index in [1.54, 1.807) is 16.8 Å². The fourth-order valence-corrected chi connectivity index (χ4v) is 1.90. The Hall–Kier alpha value is -1.14. The molecule has 0 radical (unpaired) electrons. The van der Waals surface area contributed by atoms with E-state index in [9.17, 15) is 14.7 Å². The smallest absolute Gasteiger partial charge is 0.338 e. The first-order chi connectivity index (χ1) is 7.86. The summed E-state index contributed by atoms with van der Waals surface area (Å²) < 4.78 is 4.52. The number of nitrogens with zero attached hydrogens (tertiary/aromatic N) is 2. The summed E-state index contributed by atoms with van der Waals surface area (Å²) in [5.41, 5.74) is -1.57. The number of rotatable bonds is 3. The highest BCUT2D eigenvalue weighted by Gasteiger charge is 2.34. The lowest BCUT2D eigenvalue weighted by atomic mass is 10.1. The molecule has 0 bridgehead atoms. The molecule has 0 saturated carbocycles. The molecule has 98 valence electrons. The van der Waals surface area contributed by atoms with E-state index in [2.05, 4.69) is 4.74 Å². The maximum Gasteiger partial charge on any atom is 0.338 e. The number of hydrogen-bond acceptors (Lipinski definition) is 5. The van der Waals surface area contributed by atoms with Gasteiger partial charge in [0.15, 0.2) is 5.60 Å². The van der Waals surface area contributed by atoms with Crippen LogP contribution in [0.2, 0.25) is 0 Å². The van der Waals surface area contributed by atoms with Gasteiger partial charge in [-0.2, -0.15) is 0 Å². The van der Waals surface area contributed by atoms with E-state index in [1.807, 2.05) is 0 Å². The van der Waals surface area contributed by atoms with Crippen molar-refractivity contribution < 1.29 is 19.4 Å². The number of amides is 1. The van der Waals surface area contributed by atoms with Gasteiger partial charge in [-0.15, -0.1) is 0 Å². The Balaban J connectivity index is 2.62. The topological polar surface area (TPSA) is 70.1 Å². The second kappa shape index (κ2) is 5.46. The molecule has 0 aromatic rings. The van der Waals surface area contributed by atoms with E-state index in [4.69, 9.17) is 0 Å². The van der Waals surface area contributed by atoms with Crippen LogP contribution in [-0.4, -0.2) is 72.7 Å². The third-order valence-electron chi connectivity index (χ3n) is 2.91. The fourth-order valence-electron chi connectivity index (χ4n) is 1.90. The molecule has 1 atom stereocenters. The van der Waals surface area contributed by atoms with Gasteiger partial charge in [-0.05, 0) is 13.3 Å². The molecule has 17 heavy (non-hydrogen) atoms. The quantitative estimate of drug-likeness (QED) is 0.650. The van der Waals surface area contributed by atoms with Gasteiger partial charge in [0.05, 0.1) is 13.7 Å². The van der Waals surface area contributed by atoms with Gasteiger partial charge in [0.25, 0.3) is 0 Å². The molecule has 1 rings (SSSR count). The highest BCUT2D eigenvalue weighted by atomic mass is 16.5. The third kappa shape index (κ3) is 3.67. The lowest BCUT2D eigenvalue weighted by Crippen LogP contribution is -2.49. The lowest BCUT2D eigenvalue weighted by Gasteiger charge is -2.27. The van der Waals surface area contributed by atoms with Crippen LogP contribution in [0.25, 0.3) is 0 Å². The van der Waals surface area contributed by atoms with Gasteiger partial charge in [0.1, 0.15) is 0 Å². The van der Waals surface area contributed by atoms with Gasteiger partial charge in [0, 0.05) is 26.7 Å². The van der Waals surface area contributed by atoms with Crippen LogP contribution in [0.4, 0.5) is 0 Å². The van der Waals surface area contributed by atoms with Crippen molar-refractivity contribution in [1.29, 1.82) is 0 Å². The molecular formula is C11H20N2O4. The summed E-state index contributed by atoms with van der Waals surface area (Å²) in [4.78, 5) is 26.4. The van der Waals surface area contributed by atoms with Crippen LogP contribution in [0.3, 0.4) is 0 Å². The van der Waals surface area contributed by atoms with Crippen molar-refractivity contribution in [3.05, 3.63) is 0 Å². The van der Waals surface area contributed by atoms with E-state index in [1.165, 1.54) is 14.0 Å². The molecule has 1 saturated heterocycles. The largest absolute Gasteiger partial charge is 0.467 e. The predicted octanol–water partition coefficient (Wildman–Crippen LogP) is -0.925. The molecule has 1 amide bonds. The van der Waals surface area contributed by atoms with E-state index < -0.39 is 11.6 Å². The molecule has 6 nitrogen and oxygen atoms in total. The number of aliphatic hydroxyl groups is 1. The minimum atomic E-state index is -1.57. The number of likely N-dealkylation sites (N-methyl/N-ethyl adjacent to an activating group) is 1. The SMILES string of the molecule is COC(=O)C(C)(O)CN1CCCN(C)C(=O)C1. The van der Waals surface area contributed by atoms with Gasteiger partial charge in [-0.1, -0.05) is 0 Å². The molecule has 0 aromatic carbocycles. The number of carbonyl (C=O) groups is 2. The normalized spacial score (nSPS) is 21.9. The van der Waals surface area contributed by atoms with Crippen molar-refractivity contribution >= 4 is 11.9 Å². The van der Waals surface area contributed by atoms with Crippen molar-refractivity contribution in [1.82, 2.24) is 9.80 Å². The molecule has 1 heterocycles. The molecule has 1 aliphatic heterocycles. The van der Waals surface area contributed by atoms with Crippen molar-refractivity contribution in [3.8, 4) is 0 Å². The summed E-state index contributed by atoms with van der Waals surface area (Å²) in [5, 5.41) is 9.94. The monoisotopic (exact) mass is 244 g/mol. The Kier molecular flexibility index (Phi) is 4.47. The fraction of sp³-hybridized carbons (Fsp3) is 0.818. The van der Waals surface area contributed by atoms with Crippen molar-refractivity contribution in [2.45, 2.75) is 18.9 Å². The summed E-state index contributed by atoms with van der Waals surface area (Å²) in [6.45, 7) is 3.12. The van der Waals surface area contributed by atoms with Gasteiger partial charge < -0.3 is 14.7 Å². The Labute approximate surface area is 101 Å². The number of hydrogen-bond donors (Lipinski definition) is 1. The third-order valence-corrected chi connectivity index (χ3v) is 2.91. The lowest BCUT2D eigenvalue weighted by molar-refractivity contribution is -0.162. The summed E-state index contributed by atoms with van der Waals surface area (Å²) in [6, 6.07) is 0. The Morgan fingerprint density at radius 2 is 2.18 bits per heavy atom. The number of esters is 1. The zero-order chi connectivity index (χ0) is 13.1. The van der Waals surface area contributed by atoms with Crippen LogP contribution in [-0.2, 0) is 14.3 Å². The maximum absolute atomic E-state index is 11.6. The highest BCUT2D eigenvalue weighted by molar-refractivity contribution is 5.80. The predicted molar refractivity (Wildman–Crippen MR) is 61.3 cm³/mol. The van der Waals surface area contributed by atoms with Crippen molar-refractivity contribution in [3.63, 3.8) is 0 Å². The van der Waals surface area contributed by atoms with Crippen LogP contribution in [0, 0.1) is 0 Å². The summed E-state index contributed by atoms with van der Waals surface area (Å²) in [5.74, 6) is -0.675. The van der Waals surface area contributed by atoms with Gasteiger partial charge >= 0.3 is 5.97 Å². The zero-order valence-electron chi connectivity index (χ0n) is 10.6. The van der Waals surface area contributed by atoms with Crippen LogP contribution in [0.1, 0.15) is 13.3 Å². The number of ether oxygens (including phenoxy) is 1. The first-order valence-corrected chi connectivity index (χ1v) is 5.64. The average Bonchev–Trinajstić information content (AvgIpc) is 2.40. The van der Waals surface area contributed by atoms with Gasteiger partial charge in [-0.25, -0.2) is 4.79 Å². The molecule has 1 unspecified atom stereocenters. The summed E-state index contributed by atoms with van der Waals surface area (Å²) in [7, 11) is 2.99. The Morgan fingerprint density at radius 3 is 2.76 bits per heavy atom.